The number of hydrogen-bond acceptors (Lipinski definition) is 9. The molecule has 0 N–H and O–H groups in total. The van der Waals surface area contributed by atoms with Crippen LogP contribution in [0.15, 0.2) is 0 Å². The highest BCUT2D eigenvalue weighted by Crippen LogP contribution is 2.22. The molecule has 0 saturated carbocycles. The van der Waals surface area contributed by atoms with E-state index in [4.69, 9.17) is 18.9 Å². The quantitative estimate of drug-likeness (QED) is 0.0334. The van der Waals surface area contributed by atoms with Crippen LogP contribution in [0, 0.1) is 0 Å². The van der Waals surface area contributed by atoms with Crippen LogP contribution in [-0.4, -0.2) is 92.4 Å². The van der Waals surface area contributed by atoms with Gasteiger partial charge in [0.25, 0.3) is 0 Å². The molecule has 0 aliphatic heterocycles. The van der Waals surface area contributed by atoms with E-state index in [1.165, 1.54) is 77.0 Å². The van der Waals surface area contributed by atoms with Crippen molar-refractivity contribution in [1.82, 2.24) is 9.80 Å². The first-order valence-electron chi connectivity index (χ1n) is 29.7. The zero-order valence-electron chi connectivity index (χ0n) is 46.7. The first kappa shape index (κ1) is 66.6. The van der Waals surface area contributed by atoms with E-state index < -0.39 is 0 Å². The third kappa shape index (κ3) is 45.3. The van der Waals surface area contributed by atoms with E-state index in [0.29, 0.717) is 39.0 Å². The van der Waals surface area contributed by atoms with Crippen molar-refractivity contribution in [2.45, 2.75) is 316 Å². The lowest BCUT2D eigenvalue weighted by Crippen LogP contribution is -2.37. The molecular weight excluding hydrogens is 865 g/mol. The number of carbonyl (C=O) groups is 4. The van der Waals surface area contributed by atoms with E-state index in [9.17, 15) is 19.2 Å². The maximum Gasteiger partial charge on any atom is 0.410 e. The van der Waals surface area contributed by atoms with Crippen molar-refractivity contribution >= 4 is 24.0 Å². The number of esters is 3. The molecule has 0 aliphatic carbocycles. The molecule has 0 atom stereocenters. The van der Waals surface area contributed by atoms with Crippen molar-refractivity contribution in [1.29, 1.82) is 0 Å². The van der Waals surface area contributed by atoms with Gasteiger partial charge in [0.1, 0.15) is 18.3 Å². The van der Waals surface area contributed by atoms with Crippen molar-refractivity contribution in [3.63, 3.8) is 0 Å². The molecular formula is C59H114N2O8. The topological polar surface area (TPSA) is 112 Å². The highest BCUT2D eigenvalue weighted by molar-refractivity contribution is 5.70. The van der Waals surface area contributed by atoms with Gasteiger partial charge < -0.3 is 28.7 Å². The molecule has 0 saturated heterocycles. The van der Waals surface area contributed by atoms with E-state index in [1.807, 2.05) is 11.8 Å². The van der Waals surface area contributed by atoms with E-state index >= 15 is 0 Å². The van der Waals surface area contributed by atoms with Crippen molar-refractivity contribution in [2.24, 2.45) is 0 Å². The second kappa shape index (κ2) is 50.6. The summed E-state index contributed by atoms with van der Waals surface area (Å²) in [6.07, 6.45) is 42.1. The van der Waals surface area contributed by atoms with E-state index in [0.717, 1.165) is 173 Å². The van der Waals surface area contributed by atoms with Crippen LogP contribution in [-0.2, 0) is 33.3 Å². The van der Waals surface area contributed by atoms with Crippen LogP contribution in [0.3, 0.4) is 0 Å². The van der Waals surface area contributed by atoms with Gasteiger partial charge in [0.05, 0.1) is 6.61 Å². The Hall–Kier alpha value is -2.36. The number of amides is 1. The van der Waals surface area contributed by atoms with Crippen LogP contribution in [0.1, 0.15) is 298 Å². The number of carbonyl (C=O) groups excluding carboxylic acids is 4. The Morgan fingerprint density at radius 1 is 0.333 bits per heavy atom. The zero-order valence-corrected chi connectivity index (χ0v) is 46.7. The van der Waals surface area contributed by atoms with Gasteiger partial charge in [-0.1, -0.05) is 163 Å². The second-order valence-electron chi connectivity index (χ2n) is 20.7. The number of nitrogens with zero attached hydrogens (tertiary/aromatic N) is 2. The van der Waals surface area contributed by atoms with Crippen LogP contribution >= 0.6 is 0 Å². The fourth-order valence-electron chi connectivity index (χ4n) is 9.24. The Morgan fingerprint density at radius 3 is 1.00 bits per heavy atom. The highest BCUT2D eigenvalue weighted by Gasteiger charge is 2.21. The molecule has 0 fully saturated rings. The molecule has 0 aromatic rings. The minimum atomic E-state index is -0.212. The Kier molecular flexibility index (Phi) is 48.8. The number of rotatable bonds is 52. The minimum Gasteiger partial charge on any atom is -0.466 e. The minimum absolute atomic E-state index is 0.0203. The fourth-order valence-corrected chi connectivity index (χ4v) is 9.24. The molecule has 0 radical (unpaired) electrons. The van der Waals surface area contributed by atoms with Gasteiger partial charge >= 0.3 is 24.0 Å². The molecule has 0 aromatic heterocycles. The van der Waals surface area contributed by atoms with Crippen LogP contribution in [0.2, 0.25) is 0 Å². The Balaban J connectivity index is 5.11. The molecule has 0 spiro atoms. The third-order valence-corrected chi connectivity index (χ3v) is 13.6. The first-order valence-corrected chi connectivity index (χ1v) is 29.7. The zero-order chi connectivity index (χ0) is 50.8. The molecule has 0 rings (SSSR count). The van der Waals surface area contributed by atoms with Gasteiger partial charge in [-0.3, -0.25) is 14.4 Å². The van der Waals surface area contributed by atoms with Crippen LogP contribution in [0.25, 0.3) is 0 Å². The lowest BCUT2D eigenvalue weighted by Gasteiger charge is -2.26. The summed E-state index contributed by atoms with van der Waals surface area (Å²) < 4.78 is 23.5. The van der Waals surface area contributed by atoms with Gasteiger partial charge in [0.15, 0.2) is 0 Å². The maximum absolute atomic E-state index is 13.8. The number of unbranched alkanes of at least 4 members (excludes halogenated alkanes) is 24. The summed E-state index contributed by atoms with van der Waals surface area (Å²) in [7, 11) is 4.11. The average Bonchev–Trinajstić information content (AvgIpc) is 3.32. The number of hydrogen-bond donors (Lipinski definition) is 0. The summed E-state index contributed by atoms with van der Waals surface area (Å²) >= 11 is 0. The Labute approximate surface area is 427 Å². The normalized spacial score (nSPS) is 11.6. The van der Waals surface area contributed by atoms with Crippen LogP contribution in [0.5, 0.6) is 0 Å². The predicted molar refractivity (Wildman–Crippen MR) is 289 cm³/mol. The molecule has 10 heteroatoms. The molecule has 408 valence electrons. The van der Waals surface area contributed by atoms with Crippen LogP contribution in [0.4, 0.5) is 4.79 Å². The van der Waals surface area contributed by atoms with E-state index in [2.05, 4.69) is 46.7 Å². The first-order chi connectivity index (χ1) is 33.6. The monoisotopic (exact) mass is 979 g/mol. The standard InChI is InChI=1S/C59H114N2O8/c1-8-13-17-30-41-53(42-31-18-14-9-2)67-57(63)48-36-27-23-21-25-34-45-55(69-59(65)61(52-40-50-60(6)7)51-39-29-38-47-56(62)66-12-5)46-35-26-22-24-28-37-49-58(64)68-54(43-32-19-15-10-3)44-33-20-16-11-4/h53-55H,8-52H2,1-7H3. The Morgan fingerprint density at radius 2 is 0.638 bits per heavy atom. The molecule has 0 aromatic carbocycles. The molecule has 0 unspecified atom stereocenters. The SMILES string of the molecule is CCCCCCC(CCCCCC)OC(=O)CCCCCCCCC(CCCCCCCCC(=O)OC(CCCCCC)CCCCCC)OC(=O)N(CCCCCC(=O)OCC)CCCN(C)C. The van der Waals surface area contributed by atoms with Gasteiger partial charge in [-0.15, -0.1) is 0 Å². The van der Waals surface area contributed by atoms with Crippen molar-refractivity contribution in [2.75, 3.05) is 40.3 Å². The maximum atomic E-state index is 13.8. The molecule has 0 aliphatic rings. The summed E-state index contributed by atoms with van der Waals surface area (Å²) in [5, 5.41) is 0. The van der Waals surface area contributed by atoms with E-state index in [1.54, 1.807) is 0 Å². The van der Waals surface area contributed by atoms with Gasteiger partial charge in [0, 0.05) is 32.4 Å². The average molecular weight is 980 g/mol. The molecule has 69 heavy (non-hydrogen) atoms. The fraction of sp³-hybridized carbons (Fsp3) is 0.932. The lowest BCUT2D eigenvalue weighted by atomic mass is 10.0. The largest absolute Gasteiger partial charge is 0.466 e. The lowest BCUT2D eigenvalue weighted by molar-refractivity contribution is -0.151. The summed E-state index contributed by atoms with van der Waals surface area (Å²) in [5.41, 5.74) is 0. The third-order valence-electron chi connectivity index (χ3n) is 13.6. The summed E-state index contributed by atoms with van der Waals surface area (Å²) in [6, 6.07) is 0. The second-order valence-corrected chi connectivity index (χ2v) is 20.7. The van der Waals surface area contributed by atoms with Crippen molar-refractivity contribution in [3.8, 4) is 0 Å². The van der Waals surface area contributed by atoms with Gasteiger partial charge in [-0.25, -0.2) is 4.79 Å². The van der Waals surface area contributed by atoms with Gasteiger partial charge in [-0.05, 0) is 137 Å². The Bertz CT molecular complexity index is 1090. The van der Waals surface area contributed by atoms with E-state index in [-0.39, 0.29) is 42.3 Å². The van der Waals surface area contributed by atoms with Crippen molar-refractivity contribution < 1.29 is 38.1 Å². The summed E-state index contributed by atoms with van der Waals surface area (Å²) in [5.74, 6) is -0.196. The predicted octanol–water partition coefficient (Wildman–Crippen LogP) is 16.8. The van der Waals surface area contributed by atoms with Crippen LogP contribution < -0.4 is 0 Å². The van der Waals surface area contributed by atoms with Gasteiger partial charge in [-0.2, -0.15) is 0 Å². The summed E-state index contributed by atoms with van der Waals surface area (Å²) in [4.78, 5) is 55.3. The molecule has 0 heterocycles. The number of ether oxygens (including phenoxy) is 4. The van der Waals surface area contributed by atoms with Crippen molar-refractivity contribution in [3.05, 3.63) is 0 Å². The highest BCUT2D eigenvalue weighted by atomic mass is 16.6. The molecule has 10 nitrogen and oxygen atoms in total. The molecule has 0 bridgehead atoms. The smallest absolute Gasteiger partial charge is 0.410 e. The summed E-state index contributed by atoms with van der Waals surface area (Å²) in [6.45, 7) is 13.3. The molecule has 1 amide bonds. The van der Waals surface area contributed by atoms with Gasteiger partial charge in [0.2, 0.25) is 0 Å².